The van der Waals surface area contributed by atoms with Crippen molar-refractivity contribution in [2.75, 3.05) is 27.4 Å². The number of carbonyl (C=O) groups is 3. The van der Waals surface area contributed by atoms with Crippen molar-refractivity contribution in [3.63, 3.8) is 0 Å². The van der Waals surface area contributed by atoms with Gasteiger partial charge < -0.3 is 24.8 Å². The summed E-state index contributed by atoms with van der Waals surface area (Å²) in [4.78, 5) is 36.9. The second-order valence-corrected chi connectivity index (χ2v) is 14.4. The third kappa shape index (κ3) is 20.9. The lowest BCUT2D eigenvalue weighted by atomic mass is 9.96. The first kappa shape index (κ1) is 47.9. The zero-order chi connectivity index (χ0) is 40.7. The van der Waals surface area contributed by atoms with Crippen molar-refractivity contribution < 1.29 is 45.7 Å². The van der Waals surface area contributed by atoms with Crippen LogP contribution in [-0.2, 0) is 43.2 Å². The third-order valence-electron chi connectivity index (χ3n) is 8.37. The number of hydrogen-bond acceptors (Lipinski definition) is 9. The van der Waals surface area contributed by atoms with Gasteiger partial charge in [0.1, 0.15) is 12.1 Å². The monoisotopic (exact) mass is 772 g/mol. The molecule has 0 aromatic rings. The number of nitrogens with one attached hydrogen (secondary N) is 2. The Kier molecular flexibility index (Phi) is 22.9. The van der Waals surface area contributed by atoms with Crippen molar-refractivity contribution in [1.82, 2.24) is 10.6 Å². The van der Waals surface area contributed by atoms with E-state index in [1.165, 1.54) is 5.57 Å². The molecule has 1 aliphatic heterocycles. The minimum absolute atomic E-state index is 0.0480. The van der Waals surface area contributed by atoms with Crippen molar-refractivity contribution in [2.24, 2.45) is 11.8 Å². The molecule has 0 aromatic carbocycles. The molecule has 13 heteroatoms. The van der Waals surface area contributed by atoms with Gasteiger partial charge in [-0.2, -0.15) is 8.42 Å². The molecule has 3 N–H and O–H groups in total. The average molecular weight is 773 g/mol. The number of hydrogen-bond donors (Lipinski definition) is 3. The van der Waals surface area contributed by atoms with Gasteiger partial charge in [0.15, 0.2) is 0 Å². The third-order valence-corrected chi connectivity index (χ3v) is 8.81. The zero-order valence-corrected chi connectivity index (χ0v) is 33.9. The minimum atomic E-state index is -4.81. The molecule has 12 nitrogen and oxygen atoms in total. The van der Waals surface area contributed by atoms with Gasteiger partial charge in [-0.25, -0.2) is 8.98 Å². The maximum atomic E-state index is 13.4. The van der Waals surface area contributed by atoms with Crippen LogP contribution >= 0.6 is 0 Å². The standard InChI is InChI=1S/C41H60N2O10S/c1-29-14-12-18-36(50-8)17-11-10-16-33(5)39(34(6)23-22-32(4)26-42-40(45)38(43-28-44)27-52-54(47,48)49)53-41(46)35(7)24-30(2)20-21-31(3)25-37(51-9)19-13-15-29/h10-11,13-17,20-25,28,30,33,36-39H,12,18-19,26-27H2,1-9H3,(H,42,45)(H,43,44)(H,47,48,49). The molecule has 0 bridgehead atoms. The molecule has 54 heavy (non-hydrogen) atoms. The number of rotatable bonds is 12. The van der Waals surface area contributed by atoms with E-state index in [1.54, 1.807) is 40.2 Å². The molecule has 0 aromatic heterocycles. The number of ether oxygens (including phenoxy) is 3. The number of cyclic esters (lactones) is 1. The summed E-state index contributed by atoms with van der Waals surface area (Å²) in [5.41, 5.74) is 4.14. The van der Waals surface area contributed by atoms with Crippen molar-refractivity contribution in [3.8, 4) is 0 Å². The summed E-state index contributed by atoms with van der Waals surface area (Å²) >= 11 is 0. The van der Waals surface area contributed by atoms with Crippen molar-refractivity contribution in [3.05, 3.63) is 107 Å². The lowest BCUT2D eigenvalue weighted by Crippen LogP contribution is -2.47. The van der Waals surface area contributed by atoms with Gasteiger partial charge in [0, 0.05) is 32.3 Å². The van der Waals surface area contributed by atoms with Crippen LogP contribution in [0.25, 0.3) is 0 Å². The van der Waals surface area contributed by atoms with Gasteiger partial charge in [-0.3, -0.25) is 14.1 Å². The predicted octanol–water partition coefficient (Wildman–Crippen LogP) is 6.39. The maximum absolute atomic E-state index is 13.4. The molecule has 0 saturated heterocycles. The van der Waals surface area contributed by atoms with Gasteiger partial charge in [-0.1, -0.05) is 110 Å². The van der Waals surface area contributed by atoms with E-state index >= 15 is 0 Å². The molecule has 0 aliphatic carbocycles. The van der Waals surface area contributed by atoms with Crippen molar-refractivity contribution in [2.45, 2.75) is 92.1 Å². The van der Waals surface area contributed by atoms with E-state index in [9.17, 15) is 22.8 Å². The Bertz CT molecular complexity index is 1610. The Labute approximate surface area is 322 Å². The van der Waals surface area contributed by atoms with Crippen LogP contribution in [0.4, 0.5) is 0 Å². The highest BCUT2D eigenvalue weighted by molar-refractivity contribution is 7.80. The molecule has 1 rings (SSSR count). The molecular weight excluding hydrogens is 713 g/mol. The highest BCUT2D eigenvalue weighted by Crippen LogP contribution is 2.21. The Morgan fingerprint density at radius 3 is 2.33 bits per heavy atom. The Balaban J connectivity index is 3.38. The quantitative estimate of drug-likeness (QED) is 0.0876. The summed E-state index contributed by atoms with van der Waals surface area (Å²) < 4.78 is 52.3. The number of carbonyl (C=O) groups excluding carboxylic acids is 3. The van der Waals surface area contributed by atoms with Crippen molar-refractivity contribution in [1.29, 1.82) is 0 Å². The van der Waals surface area contributed by atoms with E-state index in [0.717, 1.165) is 30.4 Å². The number of methoxy groups -OCH3 is 2. The molecule has 0 saturated carbocycles. The lowest BCUT2D eigenvalue weighted by Gasteiger charge is -2.23. The second kappa shape index (κ2) is 25.8. The van der Waals surface area contributed by atoms with Crippen LogP contribution in [0.3, 0.4) is 0 Å². The summed E-state index contributed by atoms with van der Waals surface area (Å²) in [7, 11) is -1.43. The van der Waals surface area contributed by atoms with Gasteiger partial charge in [-0.05, 0) is 65.4 Å². The summed E-state index contributed by atoms with van der Waals surface area (Å²) in [6.45, 7) is 12.7. The van der Waals surface area contributed by atoms with Crippen molar-refractivity contribution >= 4 is 28.7 Å². The van der Waals surface area contributed by atoms with Crippen LogP contribution in [0.2, 0.25) is 0 Å². The molecule has 0 radical (unpaired) electrons. The number of allylic oxidation sites excluding steroid dienone is 11. The topological polar surface area (TPSA) is 167 Å². The molecular formula is C41H60N2O10S. The van der Waals surface area contributed by atoms with Crippen LogP contribution in [0.1, 0.15) is 67.7 Å². The van der Waals surface area contributed by atoms with Crippen LogP contribution < -0.4 is 10.6 Å². The van der Waals surface area contributed by atoms with E-state index in [4.69, 9.17) is 18.8 Å². The van der Waals surface area contributed by atoms with E-state index in [0.29, 0.717) is 11.1 Å². The average Bonchev–Trinajstić information content (AvgIpc) is 3.11. The zero-order valence-electron chi connectivity index (χ0n) is 33.1. The first-order valence-corrected chi connectivity index (χ1v) is 19.3. The summed E-state index contributed by atoms with van der Waals surface area (Å²) in [6.07, 6.45) is 27.6. The Morgan fingerprint density at radius 1 is 1.00 bits per heavy atom. The molecule has 6 unspecified atom stereocenters. The molecule has 6 atom stereocenters. The fourth-order valence-corrected chi connectivity index (χ4v) is 5.50. The van der Waals surface area contributed by atoms with Gasteiger partial charge >= 0.3 is 16.4 Å². The summed E-state index contributed by atoms with van der Waals surface area (Å²) in [5, 5.41) is 4.74. The van der Waals surface area contributed by atoms with E-state index in [-0.39, 0.29) is 37.0 Å². The largest absolute Gasteiger partial charge is 0.454 e. The first-order chi connectivity index (χ1) is 25.5. The summed E-state index contributed by atoms with van der Waals surface area (Å²) in [5.74, 6) is -1.44. The molecule has 1 heterocycles. The fourth-order valence-electron chi connectivity index (χ4n) is 5.19. The first-order valence-electron chi connectivity index (χ1n) is 17.9. The number of esters is 1. The highest BCUT2D eigenvalue weighted by atomic mass is 32.3. The minimum Gasteiger partial charge on any atom is -0.454 e. The van der Waals surface area contributed by atoms with Gasteiger partial charge in [-0.15, -0.1) is 0 Å². The molecule has 0 spiro atoms. The summed E-state index contributed by atoms with van der Waals surface area (Å²) in [6, 6.07) is -1.35. The van der Waals surface area contributed by atoms with Gasteiger partial charge in [0.2, 0.25) is 12.3 Å². The van der Waals surface area contributed by atoms with Crippen LogP contribution in [0.5, 0.6) is 0 Å². The molecule has 1 aliphatic rings. The normalized spacial score (nSPS) is 24.0. The Morgan fingerprint density at radius 2 is 1.69 bits per heavy atom. The Hall–Kier alpha value is -4.14. The van der Waals surface area contributed by atoms with E-state index < -0.39 is 41.0 Å². The predicted molar refractivity (Wildman–Crippen MR) is 212 cm³/mol. The second-order valence-electron chi connectivity index (χ2n) is 13.3. The van der Waals surface area contributed by atoms with Gasteiger partial charge in [0.05, 0.1) is 18.8 Å². The highest BCUT2D eigenvalue weighted by Gasteiger charge is 2.23. The molecule has 0 fully saturated rings. The SMILES string of the molecule is COC1C=C(C)C=CC(C)C=C(C)C(=O)OC(C(C)=CC=C(C)CNC(=O)C(COS(=O)(=O)O)NC=O)C(C)C=CC=CC(OC)CCC=C(C)C=CC1. The molecule has 2 amide bonds. The number of amides is 2. The fraction of sp³-hybridized carbons (Fsp3) is 0.488. The van der Waals surface area contributed by atoms with Crippen LogP contribution in [0.15, 0.2) is 107 Å². The maximum Gasteiger partial charge on any atom is 0.397 e. The van der Waals surface area contributed by atoms with Crippen LogP contribution in [-0.4, -0.2) is 83.0 Å². The lowest BCUT2D eigenvalue weighted by molar-refractivity contribution is -0.144. The smallest absolute Gasteiger partial charge is 0.397 e. The van der Waals surface area contributed by atoms with E-state index in [1.807, 2.05) is 70.2 Å². The van der Waals surface area contributed by atoms with E-state index in [2.05, 4.69) is 46.0 Å². The molecule has 300 valence electrons. The van der Waals surface area contributed by atoms with Crippen LogP contribution in [0, 0.1) is 11.8 Å². The van der Waals surface area contributed by atoms with Gasteiger partial charge in [0.25, 0.3) is 0 Å².